The number of aromatic nitrogens is 1. The molecule has 3 rings (SSSR count). The Labute approximate surface area is 159 Å². The van der Waals surface area contributed by atoms with Gasteiger partial charge >= 0.3 is 12.1 Å². The third kappa shape index (κ3) is 4.70. The standard InChI is InChI=1S/C16H16N2O2S.C2HF3O2/c17-11-9-13-5-4-8-16-15(13)10-12-18(16)21(19,20)14-6-2-1-3-7-14;3-2(4,5)1(6)7/h1-8,10,12H,9,11,17H2;(H,6,7). The van der Waals surface area contributed by atoms with Gasteiger partial charge in [0.15, 0.2) is 0 Å². The molecule has 0 unspecified atom stereocenters. The van der Waals surface area contributed by atoms with Crippen molar-refractivity contribution in [1.82, 2.24) is 3.97 Å². The molecule has 0 radical (unpaired) electrons. The monoisotopic (exact) mass is 414 g/mol. The molecule has 0 saturated carbocycles. The van der Waals surface area contributed by atoms with Crippen molar-refractivity contribution >= 4 is 26.9 Å². The summed E-state index contributed by atoms with van der Waals surface area (Å²) in [5.41, 5.74) is 7.36. The number of nitrogens with zero attached hydrogens (tertiary/aromatic N) is 1. The number of carbonyl (C=O) groups is 1. The Morgan fingerprint density at radius 1 is 1.04 bits per heavy atom. The smallest absolute Gasteiger partial charge is 0.475 e. The zero-order valence-corrected chi connectivity index (χ0v) is 15.2. The van der Waals surface area contributed by atoms with Gasteiger partial charge in [-0.05, 0) is 42.8 Å². The fourth-order valence-corrected chi connectivity index (χ4v) is 3.86. The number of rotatable bonds is 4. The van der Waals surface area contributed by atoms with E-state index in [4.69, 9.17) is 15.6 Å². The summed E-state index contributed by atoms with van der Waals surface area (Å²) in [6.45, 7) is 0.537. The molecule has 0 fully saturated rings. The predicted octanol–water partition coefficient (Wildman–Crippen LogP) is 3.01. The van der Waals surface area contributed by atoms with E-state index < -0.39 is 22.2 Å². The summed E-state index contributed by atoms with van der Waals surface area (Å²) in [6.07, 6.45) is -2.75. The number of halogens is 3. The summed E-state index contributed by atoms with van der Waals surface area (Å²) in [6, 6.07) is 15.9. The van der Waals surface area contributed by atoms with Gasteiger partial charge < -0.3 is 10.8 Å². The summed E-state index contributed by atoms with van der Waals surface area (Å²) in [4.78, 5) is 9.18. The maximum Gasteiger partial charge on any atom is 0.490 e. The minimum Gasteiger partial charge on any atom is -0.475 e. The van der Waals surface area contributed by atoms with Crippen molar-refractivity contribution in [2.45, 2.75) is 17.5 Å². The van der Waals surface area contributed by atoms with Crippen LogP contribution in [0.4, 0.5) is 13.2 Å². The summed E-state index contributed by atoms with van der Waals surface area (Å²) in [7, 11) is -3.57. The Morgan fingerprint density at radius 2 is 1.64 bits per heavy atom. The Bertz CT molecular complexity index is 1060. The van der Waals surface area contributed by atoms with Gasteiger partial charge in [0.2, 0.25) is 0 Å². The first-order valence-corrected chi connectivity index (χ1v) is 9.43. The maximum absolute atomic E-state index is 12.7. The van der Waals surface area contributed by atoms with Crippen LogP contribution in [-0.4, -0.2) is 36.2 Å². The Kier molecular flexibility index (Phi) is 6.47. The van der Waals surface area contributed by atoms with E-state index in [-0.39, 0.29) is 4.90 Å². The van der Waals surface area contributed by atoms with Crippen LogP contribution >= 0.6 is 0 Å². The lowest BCUT2D eigenvalue weighted by Crippen LogP contribution is -2.21. The predicted molar refractivity (Wildman–Crippen MR) is 97.4 cm³/mol. The van der Waals surface area contributed by atoms with Gasteiger partial charge in [0.1, 0.15) is 0 Å². The quantitative estimate of drug-likeness (QED) is 0.683. The van der Waals surface area contributed by atoms with Gasteiger partial charge in [-0.2, -0.15) is 13.2 Å². The molecule has 3 N–H and O–H groups in total. The number of benzene rings is 2. The number of alkyl halides is 3. The first kappa shape index (κ1) is 21.5. The largest absolute Gasteiger partial charge is 0.490 e. The van der Waals surface area contributed by atoms with Crippen LogP contribution in [0.15, 0.2) is 65.7 Å². The van der Waals surface area contributed by atoms with E-state index in [0.717, 1.165) is 17.4 Å². The average Bonchev–Trinajstić information content (AvgIpc) is 3.08. The molecule has 150 valence electrons. The normalized spacial score (nSPS) is 11.7. The molecule has 0 atom stereocenters. The SMILES string of the molecule is NCCc1cccc2c1ccn2S(=O)(=O)c1ccccc1.O=C(O)C(F)(F)F. The first-order chi connectivity index (χ1) is 13.1. The third-order valence-electron chi connectivity index (χ3n) is 3.74. The topological polar surface area (TPSA) is 102 Å². The molecule has 6 nitrogen and oxygen atoms in total. The fourth-order valence-electron chi connectivity index (χ4n) is 2.50. The van der Waals surface area contributed by atoms with Crippen LogP contribution in [0.3, 0.4) is 0 Å². The highest BCUT2D eigenvalue weighted by Crippen LogP contribution is 2.25. The second-order valence-electron chi connectivity index (χ2n) is 5.62. The first-order valence-electron chi connectivity index (χ1n) is 7.99. The minimum absolute atomic E-state index is 0.284. The molecule has 0 aliphatic carbocycles. The highest BCUT2D eigenvalue weighted by molar-refractivity contribution is 7.90. The lowest BCUT2D eigenvalue weighted by Gasteiger charge is -2.08. The fraction of sp³-hybridized carbons (Fsp3) is 0.167. The van der Waals surface area contributed by atoms with Gasteiger partial charge in [-0.15, -0.1) is 0 Å². The van der Waals surface area contributed by atoms with Crippen LogP contribution in [-0.2, 0) is 21.2 Å². The zero-order valence-electron chi connectivity index (χ0n) is 14.4. The molecule has 3 aromatic rings. The van der Waals surface area contributed by atoms with Crippen LogP contribution in [0.5, 0.6) is 0 Å². The van der Waals surface area contributed by atoms with Crippen LogP contribution in [0.2, 0.25) is 0 Å². The second-order valence-corrected chi connectivity index (χ2v) is 7.44. The van der Waals surface area contributed by atoms with Crippen LogP contribution in [0.25, 0.3) is 10.9 Å². The van der Waals surface area contributed by atoms with Gasteiger partial charge in [-0.3, -0.25) is 0 Å². The lowest BCUT2D eigenvalue weighted by molar-refractivity contribution is -0.192. The minimum atomic E-state index is -5.08. The van der Waals surface area contributed by atoms with Crippen molar-refractivity contribution in [3.63, 3.8) is 0 Å². The zero-order chi connectivity index (χ0) is 20.9. The van der Waals surface area contributed by atoms with Crippen molar-refractivity contribution in [2.75, 3.05) is 6.54 Å². The van der Waals surface area contributed by atoms with E-state index in [9.17, 15) is 21.6 Å². The van der Waals surface area contributed by atoms with Gasteiger partial charge in [-0.25, -0.2) is 17.2 Å². The molecular weight excluding hydrogens is 397 g/mol. The molecule has 0 aliphatic heterocycles. The van der Waals surface area contributed by atoms with Crippen LogP contribution in [0, 0.1) is 0 Å². The molecule has 0 saturated heterocycles. The van der Waals surface area contributed by atoms with Crippen LogP contribution in [0.1, 0.15) is 5.56 Å². The number of hydrogen-bond acceptors (Lipinski definition) is 4. The lowest BCUT2D eigenvalue weighted by atomic mass is 10.1. The number of carboxylic acids is 1. The van der Waals surface area contributed by atoms with E-state index in [1.54, 1.807) is 36.5 Å². The van der Waals surface area contributed by atoms with Crippen molar-refractivity contribution in [3.8, 4) is 0 Å². The molecule has 28 heavy (non-hydrogen) atoms. The Hall–Kier alpha value is -2.85. The Morgan fingerprint density at radius 3 is 2.18 bits per heavy atom. The molecule has 0 spiro atoms. The molecule has 0 amide bonds. The number of aliphatic carboxylic acids is 1. The van der Waals surface area contributed by atoms with E-state index in [2.05, 4.69) is 0 Å². The van der Waals surface area contributed by atoms with E-state index >= 15 is 0 Å². The van der Waals surface area contributed by atoms with Gasteiger partial charge in [0.25, 0.3) is 10.0 Å². The Balaban J connectivity index is 0.000000345. The molecular formula is C18H17F3N2O4S. The van der Waals surface area contributed by atoms with Crippen LogP contribution < -0.4 is 5.73 Å². The van der Waals surface area contributed by atoms with E-state index in [1.165, 1.54) is 3.97 Å². The summed E-state index contributed by atoms with van der Waals surface area (Å²) in [5, 5.41) is 8.06. The molecule has 2 aromatic carbocycles. The third-order valence-corrected chi connectivity index (χ3v) is 5.45. The van der Waals surface area contributed by atoms with Crippen molar-refractivity contribution < 1.29 is 31.5 Å². The second kappa shape index (κ2) is 8.44. The molecule has 0 bridgehead atoms. The number of fused-ring (bicyclic) bond motifs is 1. The number of nitrogens with two attached hydrogens (primary N) is 1. The van der Waals surface area contributed by atoms with E-state index in [0.29, 0.717) is 12.1 Å². The van der Waals surface area contributed by atoms with Gasteiger partial charge in [0, 0.05) is 11.6 Å². The van der Waals surface area contributed by atoms with E-state index in [1.807, 2.05) is 24.3 Å². The number of carboxylic acid groups (broad SMARTS) is 1. The van der Waals surface area contributed by atoms with Crippen molar-refractivity contribution in [3.05, 3.63) is 66.4 Å². The summed E-state index contributed by atoms with van der Waals surface area (Å²) >= 11 is 0. The van der Waals surface area contributed by atoms with Gasteiger partial charge in [-0.1, -0.05) is 30.3 Å². The van der Waals surface area contributed by atoms with Crippen molar-refractivity contribution in [1.29, 1.82) is 0 Å². The summed E-state index contributed by atoms with van der Waals surface area (Å²) in [5.74, 6) is -2.76. The highest BCUT2D eigenvalue weighted by Gasteiger charge is 2.38. The summed E-state index contributed by atoms with van der Waals surface area (Å²) < 4.78 is 58.5. The van der Waals surface area contributed by atoms with Crippen molar-refractivity contribution in [2.24, 2.45) is 5.73 Å². The molecule has 0 aliphatic rings. The maximum atomic E-state index is 12.7. The van der Waals surface area contributed by atoms with Gasteiger partial charge in [0.05, 0.1) is 10.4 Å². The molecule has 1 heterocycles. The molecule has 10 heteroatoms. The average molecular weight is 414 g/mol. The highest BCUT2D eigenvalue weighted by atomic mass is 32.2. The molecule has 1 aromatic heterocycles. The number of hydrogen-bond donors (Lipinski definition) is 2.